The zero-order chi connectivity index (χ0) is 13.0. The standard InChI is InChI=1S/C14H19F2NO/c1-10(12-2-3-13(15)14(16)8-12)17-9-11-4-6-18-7-5-11/h2-3,8,10-11,17H,4-7,9H2,1H3. The topological polar surface area (TPSA) is 21.3 Å². The van der Waals surface area contributed by atoms with Crippen LogP contribution in [0.15, 0.2) is 18.2 Å². The molecule has 2 rings (SSSR count). The van der Waals surface area contributed by atoms with Gasteiger partial charge in [0.15, 0.2) is 11.6 Å². The monoisotopic (exact) mass is 255 g/mol. The van der Waals surface area contributed by atoms with E-state index in [1.807, 2.05) is 6.92 Å². The van der Waals surface area contributed by atoms with E-state index < -0.39 is 11.6 Å². The number of ether oxygens (including phenoxy) is 1. The molecule has 18 heavy (non-hydrogen) atoms. The van der Waals surface area contributed by atoms with Gasteiger partial charge in [-0.15, -0.1) is 0 Å². The van der Waals surface area contributed by atoms with E-state index >= 15 is 0 Å². The third-order valence-electron chi connectivity index (χ3n) is 3.50. The van der Waals surface area contributed by atoms with Crippen LogP contribution in [-0.4, -0.2) is 19.8 Å². The van der Waals surface area contributed by atoms with Crippen molar-refractivity contribution in [2.45, 2.75) is 25.8 Å². The van der Waals surface area contributed by atoms with Gasteiger partial charge >= 0.3 is 0 Å². The van der Waals surface area contributed by atoms with Crippen molar-refractivity contribution in [1.82, 2.24) is 5.32 Å². The average Bonchev–Trinajstić information content (AvgIpc) is 2.40. The summed E-state index contributed by atoms with van der Waals surface area (Å²) in [5.74, 6) is -0.964. The smallest absolute Gasteiger partial charge is 0.159 e. The van der Waals surface area contributed by atoms with Crippen LogP contribution in [0.1, 0.15) is 31.4 Å². The van der Waals surface area contributed by atoms with E-state index in [-0.39, 0.29) is 6.04 Å². The first kappa shape index (κ1) is 13.4. The van der Waals surface area contributed by atoms with Gasteiger partial charge in [-0.3, -0.25) is 0 Å². The van der Waals surface area contributed by atoms with Crippen molar-refractivity contribution < 1.29 is 13.5 Å². The minimum absolute atomic E-state index is 0.0305. The van der Waals surface area contributed by atoms with Crippen molar-refractivity contribution in [2.75, 3.05) is 19.8 Å². The van der Waals surface area contributed by atoms with Crippen LogP contribution in [0.25, 0.3) is 0 Å². The highest BCUT2D eigenvalue weighted by Gasteiger charge is 2.15. The molecule has 4 heteroatoms. The molecule has 1 fully saturated rings. The molecule has 1 aliphatic rings. The molecule has 1 unspecified atom stereocenters. The van der Waals surface area contributed by atoms with Gasteiger partial charge in [-0.25, -0.2) is 8.78 Å². The highest BCUT2D eigenvalue weighted by molar-refractivity contribution is 5.20. The van der Waals surface area contributed by atoms with Gasteiger partial charge < -0.3 is 10.1 Å². The largest absolute Gasteiger partial charge is 0.381 e. The Labute approximate surface area is 106 Å². The molecular weight excluding hydrogens is 236 g/mol. The third-order valence-corrected chi connectivity index (χ3v) is 3.50. The van der Waals surface area contributed by atoms with Crippen LogP contribution in [0.5, 0.6) is 0 Å². The van der Waals surface area contributed by atoms with Crippen LogP contribution in [0.4, 0.5) is 8.78 Å². The number of halogens is 2. The summed E-state index contributed by atoms with van der Waals surface area (Å²) in [6, 6.07) is 4.09. The van der Waals surface area contributed by atoms with Gasteiger partial charge in [0, 0.05) is 19.3 Å². The fourth-order valence-electron chi connectivity index (χ4n) is 2.19. The van der Waals surface area contributed by atoms with Crippen LogP contribution in [0, 0.1) is 17.6 Å². The summed E-state index contributed by atoms with van der Waals surface area (Å²) in [7, 11) is 0. The lowest BCUT2D eigenvalue weighted by Crippen LogP contribution is -2.29. The Morgan fingerprint density at radius 2 is 2.00 bits per heavy atom. The van der Waals surface area contributed by atoms with Gasteiger partial charge in [-0.2, -0.15) is 0 Å². The number of hydrogen-bond acceptors (Lipinski definition) is 2. The maximum Gasteiger partial charge on any atom is 0.159 e. The van der Waals surface area contributed by atoms with Gasteiger partial charge in [-0.1, -0.05) is 6.07 Å². The first-order valence-electron chi connectivity index (χ1n) is 6.43. The average molecular weight is 255 g/mol. The third kappa shape index (κ3) is 3.50. The number of hydrogen-bond donors (Lipinski definition) is 1. The Bertz CT molecular complexity index is 391. The van der Waals surface area contributed by atoms with Crippen molar-refractivity contribution in [3.63, 3.8) is 0 Å². The Balaban J connectivity index is 1.86. The maximum atomic E-state index is 13.1. The first-order valence-corrected chi connectivity index (χ1v) is 6.43. The minimum Gasteiger partial charge on any atom is -0.381 e. The summed E-state index contributed by atoms with van der Waals surface area (Å²) in [6.45, 7) is 4.51. The Kier molecular flexibility index (Phi) is 4.66. The van der Waals surface area contributed by atoms with E-state index in [0.29, 0.717) is 5.92 Å². The molecule has 1 aromatic rings. The van der Waals surface area contributed by atoms with Gasteiger partial charge in [-0.05, 0) is 49.9 Å². The SMILES string of the molecule is CC(NCC1CCOCC1)c1ccc(F)c(F)c1. The molecule has 0 amide bonds. The molecule has 0 radical (unpaired) electrons. The first-order chi connectivity index (χ1) is 8.66. The number of benzene rings is 1. The zero-order valence-corrected chi connectivity index (χ0v) is 10.6. The molecule has 1 N–H and O–H groups in total. The van der Waals surface area contributed by atoms with Gasteiger partial charge in [0.1, 0.15) is 0 Å². The van der Waals surface area contributed by atoms with Crippen molar-refractivity contribution in [3.8, 4) is 0 Å². The van der Waals surface area contributed by atoms with E-state index in [0.717, 1.165) is 38.2 Å². The molecule has 1 aliphatic heterocycles. The number of rotatable bonds is 4. The summed E-state index contributed by atoms with van der Waals surface area (Å²) in [5, 5.41) is 3.37. The fourth-order valence-corrected chi connectivity index (χ4v) is 2.19. The van der Waals surface area contributed by atoms with Crippen LogP contribution in [0.3, 0.4) is 0 Å². The molecule has 1 saturated heterocycles. The zero-order valence-electron chi connectivity index (χ0n) is 10.6. The molecule has 1 atom stereocenters. The Morgan fingerprint density at radius 3 is 2.67 bits per heavy atom. The quantitative estimate of drug-likeness (QED) is 0.893. The molecule has 1 aromatic carbocycles. The lowest BCUT2D eigenvalue weighted by Gasteiger charge is -2.24. The summed E-state index contributed by atoms with van der Waals surface area (Å²) in [6.07, 6.45) is 2.13. The van der Waals surface area contributed by atoms with Gasteiger partial charge in [0.2, 0.25) is 0 Å². The Hall–Kier alpha value is -1.00. The van der Waals surface area contributed by atoms with Crippen molar-refractivity contribution in [3.05, 3.63) is 35.4 Å². The molecular formula is C14H19F2NO. The predicted molar refractivity (Wildman–Crippen MR) is 66.3 cm³/mol. The van der Waals surface area contributed by atoms with Gasteiger partial charge in [0.05, 0.1) is 0 Å². The molecule has 0 spiro atoms. The van der Waals surface area contributed by atoms with E-state index in [1.54, 1.807) is 6.07 Å². The lowest BCUT2D eigenvalue weighted by molar-refractivity contribution is 0.0656. The van der Waals surface area contributed by atoms with E-state index in [9.17, 15) is 8.78 Å². The van der Waals surface area contributed by atoms with Crippen molar-refractivity contribution in [1.29, 1.82) is 0 Å². The summed E-state index contributed by atoms with van der Waals surface area (Å²) >= 11 is 0. The molecule has 2 nitrogen and oxygen atoms in total. The Morgan fingerprint density at radius 1 is 1.28 bits per heavy atom. The molecule has 0 aliphatic carbocycles. The summed E-state index contributed by atoms with van der Waals surface area (Å²) in [4.78, 5) is 0. The second-order valence-corrected chi connectivity index (χ2v) is 4.86. The van der Waals surface area contributed by atoms with Crippen LogP contribution in [-0.2, 0) is 4.74 Å². The van der Waals surface area contributed by atoms with Crippen molar-refractivity contribution in [2.24, 2.45) is 5.92 Å². The second-order valence-electron chi connectivity index (χ2n) is 4.86. The maximum absolute atomic E-state index is 13.1. The molecule has 0 aromatic heterocycles. The molecule has 0 bridgehead atoms. The van der Waals surface area contributed by atoms with E-state index in [4.69, 9.17) is 4.74 Å². The number of nitrogens with one attached hydrogen (secondary N) is 1. The highest BCUT2D eigenvalue weighted by Crippen LogP contribution is 2.18. The molecule has 0 saturated carbocycles. The van der Waals surface area contributed by atoms with E-state index in [1.165, 1.54) is 12.1 Å². The van der Waals surface area contributed by atoms with Gasteiger partial charge in [0.25, 0.3) is 0 Å². The lowest BCUT2D eigenvalue weighted by atomic mass is 9.99. The van der Waals surface area contributed by atoms with Crippen LogP contribution < -0.4 is 5.32 Å². The second kappa shape index (κ2) is 6.25. The van der Waals surface area contributed by atoms with E-state index in [2.05, 4.69) is 5.32 Å². The minimum atomic E-state index is -0.796. The summed E-state index contributed by atoms with van der Waals surface area (Å²) in [5.41, 5.74) is 0.779. The normalized spacial score (nSPS) is 18.8. The van der Waals surface area contributed by atoms with Crippen LogP contribution in [0.2, 0.25) is 0 Å². The molecule has 1 heterocycles. The highest BCUT2D eigenvalue weighted by atomic mass is 19.2. The fraction of sp³-hybridized carbons (Fsp3) is 0.571. The van der Waals surface area contributed by atoms with Crippen LogP contribution >= 0.6 is 0 Å². The molecule has 100 valence electrons. The predicted octanol–water partition coefficient (Wildman–Crippen LogP) is 3.04. The summed E-state index contributed by atoms with van der Waals surface area (Å²) < 4.78 is 31.2. The van der Waals surface area contributed by atoms with Crippen molar-refractivity contribution >= 4 is 0 Å².